The van der Waals surface area contributed by atoms with E-state index in [0.29, 0.717) is 16.8 Å². The van der Waals surface area contributed by atoms with Crippen molar-refractivity contribution in [3.8, 4) is 11.8 Å². The van der Waals surface area contributed by atoms with E-state index in [4.69, 9.17) is 20.6 Å². The third-order valence-corrected chi connectivity index (χ3v) is 3.31. The number of pyridine rings is 1. The second-order valence-corrected chi connectivity index (χ2v) is 4.89. The van der Waals surface area contributed by atoms with Crippen molar-refractivity contribution >= 4 is 17.5 Å². The van der Waals surface area contributed by atoms with Crippen LogP contribution >= 0.6 is 0 Å². The van der Waals surface area contributed by atoms with Crippen molar-refractivity contribution in [1.82, 2.24) is 4.98 Å². The minimum atomic E-state index is -1.07. The first-order valence-corrected chi connectivity index (χ1v) is 6.98. The van der Waals surface area contributed by atoms with E-state index >= 15 is 0 Å². The highest BCUT2D eigenvalue weighted by molar-refractivity contribution is 5.95. The van der Waals surface area contributed by atoms with Gasteiger partial charge in [0, 0.05) is 23.4 Å². The fourth-order valence-electron chi connectivity index (χ4n) is 2.08. The summed E-state index contributed by atoms with van der Waals surface area (Å²) in [6.45, 7) is 0. The standard InChI is InChI=1S/C16H18N4O4/c1-23-12-7-10(8-13(20-12)24-2)14(16(21)22)19-11-5-3-9(4-6-11)15(17)18/h3-8,14,19H,1-2H3,(H3,17,18)(H,21,22). The zero-order valence-corrected chi connectivity index (χ0v) is 13.2. The quantitative estimate of drug-likeness (QED) is 0.448. The summed E-state index contributed by atoms with van der Waals surface area (Å²) in [5.74, 6) is -0.616. The fourth-order valence-corrected chi connectivity index (χ4v) is 2.08. The molecule has 0 bridgehead atoms. The van der Waals surface area contributed by atoms with Crippen LogP contribution in [0.5, 0.6) is 11.8 Å². The number of nitrogen functional groups attached to an aromatic ring is 1. The average Bonchev–Trinajstić information content (AvgIpc) is 2.59. The van der Waals surface area contributed by atoms with Gasteiger partial charge < -0.3 is 25.6 Å². The molecule has 1 heterocycles. The minimum absolute atomic E-state index is 0.0556. The number of carbonyl (C=O) groups is 1. The zero-order valence-electron chi connectivity index (χ0n) is 13.2. The Morgan fingerprint density at radius 2 is 1.75 bits per heavy atom. The molecule has 5 N–H and O–H groups in total. The number of nitrogens with one attached hydrogen (secondary N) is 2. The van der Waals surface area contributed by atoms with Crippen molar-refractivity contribution in [3.05, 3.63) is 47.5 Å². The molecule has 0 saturated carbocycles. The van der Waals surface area contributed by atoms with Gasteiger partial charge in [0.1, 0.15) is 5.84 Å². The first kappa shape index (κ1) is 17.1. The lowest BCUT2D eigenvalue weighted by atomic mass is 10.1. The van der Waals surface area contributed by atoms with E-state index in [9.17, 15) is 9.90 Å². The molecule has 0 amide bonds. The van der Waals surface area contributed by atoms with Gasteiger partial charge in [0.05, 0.1) is 14.2 Å². The molecule has 8 nitrogen and oxygen atoms in total. The molecule has 2 aromatic rings. The summed E-state index contributed by atoms with van der Waals surface area (Å²) >= 11 is 0. The van der Waals surface area contributed by atoms with Gasteiger partial charge in [-0.15, -0.1) is 0 Å². The Kier molecular flexibility index (Phi) is 5.20. The third kappa shape index (κ3) is 3.92. The summed E-state index contributed by atoms with van der Waals surface area (Å²) in [5.41, 5.74) is 6.96. The molecule has 0 aliphatic rings. The Balaban J connectivity index is 2.32. The van der Waals surface area contributed by atoms with Crippen LogP contribution < -0.4 is 20.5 Å². The molecular formula is C16H18N4O4. The maximum atomic E-state index is 11.7. The van der Waals surface area contributed by atoms with Crippen molar-refractivity contribution in [2.45, 2.75) is 6.04 Å². The summed E-state index contributed by atoms with van der Waals surface area (Å²) in [4.78, 5) is 15.7. The average molecular weight is 330 g/mol. The van der Waals surface area contributed by atoms with E-state index in [2.05, 4.69) is 10.3 Å². The second kappa shape index (κ2) is 7.32. The summed E-state index contributed by atoms with van der Waals surface area (Å²) in [6, 6.07) is 8.61. The number of rotatable bonds is 7. The molecule has 24 heavy (non-hydrogen) atoms. The Hall–Kier alpha value is -3.29. The van der Waals surface area contributed by atoms with Crippen molar-refractivity contribution < 1.29 is 19.4 Å². The monoisotopic (exact) mass is 330 g/mol. The van der Waals surface area contributed by atoms with Crippen LogP contribution in [0.4, 0.5) is 5.69 Å². The van der Waals surface area contributed by atoms with Crippen LogP contribution in [0.2, 0.25) is 0 Å². The van der Waals surface area contributed by atoms with E-state index in [1.54, 1.807) is 24.3 Å². The van der Waals surface area contributed by atoms with Gasteiger partial charge >= 0.3 is 5.97 Å². The first-order valence-electron chi connectivity index (χ1n) is 6.98. The van der Waals surface area contributed by atoms with Crippen LogP contribution in [-0.2, 0) is 4.79 Å². The van der Waals surface area contributed by atoms with Gasteiger partial charge in [-0.05, 0) is 29.8 Å². The van der Waals surface area contributed by atoms with E-state index in [0.717, 1.165) is 0 Å². The largest absolute Gasteiger partial charge is 0.481 e. The highest BCUT2D eigenvalue weighted by atomic mass is 16.5. The molecule has 8 heteroatoms. The summed E-state index contributed by atoms with van der Waals surface area (Å²) in [5, 5.41) is 19.8. The molecule has 0 fully saturated rings. The lowest BCUT2D eigenvalue weighted by molar-refractivity contribution is -0.138. The Bertz CT molecular complexity index is 724. The molecule has 1 atom stereocenters. The molecule has 0 radical (unpaired) electrons. The Morgan fingerprint density at radius 1 is 1.21 bits per heavy atom. The lowest BCUT2D eigenvalue weighted by Gasteiger charge is -2.17. The lowest BCUT2D eigenvalue weighted by Crippen LogP contribution is -2.21. The third-order valence-electron chi connectivity index (χ3n) is 3.31. The number of aliphatic carboxylic acids is 1. The van der Waals surface area contributed by atoms with E-state index in [-0.39, 0.29) is 17.6 Å². The maximum absolute atomic E-state index is 11.7. The van der Waals surface area contributed by atoms with Crippen LogP contribution in [0.25, 0.3) is 0 Å². The Morgan fingerprint density at radius 3 is 2.17 bits per heavy atom. The minimum Gasteiger partial charge on any atom is -0.481 e. The summed E-state index contributed by atoms with van der Waals surface area (Å²) < 4.78 is 10.1. The summed E-state index contributed by atoms with van der Waals surface area (Å²) in [7, 11) is 2.88. The topological polar surface area (TPSA) is 131 Å². The molecule has 0 aliphatic carbocycles. The van der Waals surface area contributed by atoms with E-state index in [1.807, 2.05) is 0 Å². The molecule has 0 aliphatic heterocycles. The van der Waals surface area contributed by atoms with Gasteiger partial charge in [-0.25, -0.2) is 4.79 Å². The number of hydrogen-bond donors (Lipinski definition) is 4. The van der Waals surface area contributed by atoms with Crippen molar-refractivity contribution in [2.75, 3.05) is 19.5 Å². The SMILES string of the molecule is COc1cc(C(Nc2ccc(C(=N)N)cc2)C(=O)O)cc(OC)n1. The predicted molar refractivity (Wildman–Crippen MR) is 88.8 cm³/mol. The number of carboxylic acid groups (broad SMARTS) is 1. The van der Waals surface area contributed by atoms with Gasteiger partial charge in [0.2, 0.25) is 11.8 Å². The number of anilines is 1. The molecule has 0 spiro atoms. The van der Waals surface area contributed by atoms with Crippen LogP contribution in [-0.4, -0.2) is 36.1 Å². The molecule has 1 unspecified atom stereocenters. The number of aromatic nitrogens is 1. The van der Waals surface area contributed by atoms with Crippen LogP contribution in [0.3, 0.4) is 0 Å². The first-order chi connectivity index (χ1) is 11.4. The fraction of sp³-hybridized carbons (Fsp3) is 0.188. The number of amidine groups is 1. The molecule has 1 aromatic carbocycles. The van der Waals surface area contributed by atoms with Crippen LogP contribution in [0.15, 0.2) is 36.4 Å². The molecule has 126 valence electrons. The molecular weight excluding hydrogens is 312 g/mol. The number of hydrogen-bond acceptors (Lipinski definition) is 6. The predicted octanol–water partition coefficient (Wildman–Crippen LogP) is 1.62. The van der Waals surface area contributed by atoms with Crippen LogP contribution in [0.1, 0.15) is 17.2 Å². The van der Waals surface area contributed by atoms with Gasteiger partial charge in [-0.2, -0.15) is 4.98 Å². The number of methoxy groups -OCH3 is 2. The maximum Gasteiger partial charge on any atom is 0.330 e. The highest BCUT2D eigenvalue weighted by Gasteiger charge is 2.22. The van der Waals surface area contributed by atoms with Crippen molar-refractivity contribution in [1.29, 1.82) is 5.41 Å². The second-order valence-electron chi connectivity index (χ2n) is 4.89. The normalized spacial score (nSPS) is 11.4. The van der Waals surface area contributed by atoms with Crippen molar-refractivity contribution in [3.63, 3.8) is 0 Å². The zero-order chi connectivity index (χ0) is 17.7. The van der Waals surface area contributed by atoms with E-state index in [1.165, 1.54) is 26.4 Å². The Labute approximate surface area is 138 Å². The van der Waals surface area contributed by atoms with E-state index < -0.39 is 12.0 Å². The van der Waals surface area contributed by atoms with Gasteiger partial charge in [0.25, 0.3) is 0 Å². The summed E-state index contributed by atoms with van der Waals surface area (Å²) in [6.07, 6.45) is 0. The van der Waals surface area contributed by atoms with Gasteiger partial charge in [0.15, 0.2) is 6.04 Å². The number of ether oxygens (including phenoxy) is 2. The molecule has 1 aromatic heterocycles. The molecule has 0 saturated heterocycles. The number of nitrogens with two attached hydrogens (primary N) is 1. The number of carboxylic acids is 1. The number of nitrogens with zero attached hydrogens (tertiary/aromatic N) is 1. The smallest absolute Gasteiger partial charge is 0.330 e. The van der Waals surface area contributed by atoms with Crippen LogP contribution in [0, 0.1) is 5.41 Å². The number of benzene rings is 1. The van der Waals surface area contributed by atoms with Gasteiger partial charge in [-0.3, -0.25) is 5.41 Å². The van der Waals surface area contributed by atoms with Crippen molar-refractivity contribution in [2.24, 2.45) is 5.73 Å². The highest BCUT2D eigenvalue weighted by Crippen LogP contribution is 2.26. The van der Waals surface area contributed by atoms with Gasteiger partial charge in [-0.1, -0.05) is 0 Å². The molecule has 2 rings (SSSR count).